The molecule has 78 valence electrons. The summed E-state index contributed by atoms with van der Waals surface area (Å²) in [6.45, 7) is 0. The van der Waals surface area contributed by atoms with E-state index in [1.807, 2.05) is 0 Å². The van der Waals surface area contributed by atoms with Gasteiger partial charge in [-0.2, -0.15) is 5.10 Å². The maximum absolute atomic E-state index is 11.3. The van der Waals surface area contributed by atoms with Crippen molar-refractivity contribution in [3.63, 3.8) is 0 Å². The molecule has 0 saturated heterocycles. The maximum Gasteiger partial charge on any atom is 0.337 e. The van der Waals surface area contributed by atoms with Gasteiger partial charge in [0.15, 0.2) is 5.82 Å². The Kier molecular flexibility index (Phi) is 2.29. The minimum absolute atomic E-state index is 0.347. The van der Waals surface area contributed by atoms with E-state index in [-0.39, 0.29) is 5.97 Å². The summed E-state index contributed by atoms with van der Waals surface area (Å²) in [6, 6.07) is 5.25. The first kappa shape index (κ1) is 9.51. The molecule has 5 heteroatoms. The molecule has 0 amide bonds. The van der Waals surface area contributed by atoms with Gasteiger partial charge in [0.05, 0.1) is 18.2 Å². The molecule has 1 heterocycles. The minimum atomic E-state index is -0.347. The minimum Gasteiger partial charge on any atom is -0.465 e. The summed E-state index contributed by atoms with van der Waals surface area (Å²) in [7, 11) is 3.14. The number of aromatic nitrogens is 2. The second kappa shape index (κ2) is 3.61. The highest BCUT2D eigenvalue weighted by atomic mass is 16.5. The van der Waals surface area contributed by atoms with Gasteiger partial charge >= 0.3 is 5.97 Å². The van der Waals surface area contributed by atoms with Crippen LogP contribution in [0.4, 0.5) is 5.82 Å². The van der Waals surface area contributed by atoms with Gasteiger partial charge in [0.25, 0.3) is 0 Å². The van der Waals surface area contributed by atoms with E-state index in [2.05, 4.69) is 20.3 Å². The van der Waals surface area contributed by atoms with Crippen molar-refractivity contribution >= 4 is 22.7 Å². The van der Waals surface area contributed by atoms with Crippen LogP contribution in [0.25, 0.3) is 10.9 Å². The lowest BCUT2D eigenvalue weighted by Gasteiger charge is -1.99. The van der Waals surface area contributed by atoms with Gasteiger partial charge < -0.3 is 10.1 Å². The van der Waals surface area contributed by atoms with E-state index in [9.17, 15) is 4.79 Å². The number of nitrogens with zero attached hydrogens (tertiary/aromatic N) is 1. The zero-order chi connectivity index (χ0) is 10.8. The molecule has 0 aliphatic rings. The number of anilines is 1. The number of ether oxygens (including phenoxy) is 1. The third-order valence-electron chi connectivity index (χ3n) is 2.22. The Morgan fingerprint density at radius 2 is 2.33 bits per heavy atom. The molecule has 0 atom stereocenters. The maximum atomic E-state index is 11.3. The number of hydrogen-bond donors (Lipinski definition) is 2. The molecular weight excluding hydrogens is 194 g/mol. The first-order valence-corrected chi connectivity index (χ1v) is 4.50. The van der Waals surface area contributed by atoms with Crippen LogP contribution < -0.4 is 5.32 Å². The molecule has 0 radical (unpaired) electrons. The van der Waals surface area contributed by atoms with E-state index in [0.29, 0.717) is 5.56 Å². The second-order valence-electron chi connectivity index (χ2n) is 3.07. The summed E-state index contributed by atoms with van der Waals surface area (Å²) in [5, 5.41) is 10.7. The van der Waals surface area contributed by atoms with Crippen LogP contribution in [0.2, 0.25) is 0 Å². The molecule has 15 heavy (non-hydrogen) atoms. The van der Waals surface area contributed by atoms with Gasteiger partial charge in [0.1, 0.15) is 0 Å². The number of carbonyl (C=O) groups is 1. The second-order valence-corrected chi connectivity index (χ2v) is 3.07. The Bertz CT molecular complexity index is 504. The highest BCUT2D eigenvalue weighted by Gasteiger charge is 2.09. The van der Waals surface area contributed by atoms with Crippen LogP contribution in [0, 0.1) is 0 Å². The first-order valence-electron chi connectivity index (χ1n) is 4.50. The number of fused-ring (bicyclic) bond motifs is 1. The molecule has 0 bridgehead atoms. The monoisotopic (exact) mass is 205 g/mol. The Labute approximate surface area is 86.4 Å². The van der Waals surface area contributed by atoms with Crippen LogP contribution in [0.15, 0.2) is 18.2 Å². The molecule has 0 spiro atoms. The number of aromatic amines is 1. The molecule has 2 rings (SSSR count). The van der Waals surface area contributed by atoms with Crippen molar-refractivity contribution in [2.75, 3.05) is 19.5 Å². The van der Waals surface area contributed by atoms with Gasteiger partial charge in [-0.1, -0.05) is 0 Å². The van der Waals surface area contributed by atoms with Gasteiger partial charge in [-0.05, 0) is 18.2 Å². The lowest BCUT2D eigenvalue weighted by Crippen LogP contribution is -2.00. The molecule has 0 aliphatic heterocycles. The highest BCUT2D eigenvalue weighted by molar-refractivity contribution is 5.98. The van der Waals surface area contributed by atoms with Gasteiger partial charge in [0.2, 0.25) is 0 Å². The number of nitrogens with one attached hydrogen (secondary N) is 2. The van der Waals surface area contributed by atoms with Crippen molar-refractivity contribution in [1.82, 2.24) is 10.2 Å². The normalized spacial score (nSPS) is 10.3. The van der Waals surface area contributed by atoms with E-state index in [1.54, 1.807) is 25.2 Å². The van der Waals surface area contributed by atoms with Crippen LogP contribution >= 0.6 is 0 Å². The fraction of sp³-hybridized carbons (Fsp3) is 0.200. The highest BCUT2D eigenvalue weighted by Crippen LogP contribution is 2.21. The summed E-state index contributed by atoms with van der Waals surface area (Å²) >= 11 is 0. The molecule has 0 fully saturated rings. The molecular formula is C10H11N3O2. The zero-order valence-electron chi connectivity index (χ0n) is 8.50. The number of methoxy groups -OCH3 is 1. The Morgan fingerprint density at radius 3 is 3.00 bits per heavy atom. The van der Waals surface area contributed by atoms with Gasteiger partial charge in [-0.3, -0.25) is 5.10 Å². The summed E-state index contributed by atoms with van der Waals surface area (Å²) < 4.78 is 4.65. The fourth-order valence-corrected chi connectivity index (χ4v) is 1.45. The predicted molar refractivity (Wildman–Crippen MR) is 57.0 cm³/mol. The van der Waals surface area contributed by atoms with E-state index in [1.165, 1.54) is 7.11 Å². The van der Waals surface area contributed by atoms with Crippen molar-refractivity contribution < 1.29 is 9.53 Å². The van der Waals surface area contributed by atoms with Crippen molar-refractivity contribution in [3.8, 4) is 0 Å². The van der Waals surface area contributed by atoms with Crippen LogP contribution in [0.3, 0.4) is 0 Å². The molecule has 1 aromatic heterocycles. The average molecular weight is 205 g/mol. The van der Waals surface area contributed by atoms with Crippen molar-refractivity contribution in [1.29, 1.82) is 0 Å². The summed E-state index contributed by atoms with van der Waals surface area (Å²) in [4.78, 5) is 11.3. The number of carbonyl (C=O) groups excluding carboxylic acids is 1. The lowest BCUT2D eigenvalue weighted by molar-refractivity contribution is 0.0601. The molecule has 1 aromatic carbocycles. The standard InChI is InChI=1S/C10H11N3O2/c1-11-9-7-5-6(10(14)15-2)3-4-8(7)12-13-9/h3-5H,1-2H3,(H2,11,12,13). The third kappa shape index (κ3) is 1.52. The van der Waals surface area contributed by atoms with E-state index in [4.69, 9.17) is 0 Å². The SMILES string of the molecule is CNc1n[nH]c2ccc(C(=O)OC)cc12. The van der Waals surface area contributed by atoms with Crippen molar-refractivity contribution in [2.45, 2.75) is 0 Å². The number of rotatable bonds is 2. The van der Waals surface area contributed by atoms with E-state index >= 15 is 0 Å². The fourth-order valence-electron chi connectivity index (χ4n) is 1.45. The molecule has 2 aromatic rings. The van der Waals surface area contributed by atoms with Crippen molar-refractivity contribution in [2.24, 2.45) is 0 Å². The summed E-state index contributed by atoms with van der Waals surface area (Å²) in [6.07, 6.45) is 0. The van der Waals surface area contributed by atoms with Crippen LogP contribution in [-0.4, -0.2) is 30.3 Å². The number of H-pyrrole nitrogens is 1. The van der Waals surface area contributed by atoms with Gasteiger partial charge in [-0.25, -0.2) is 4.79 Å². The third-order valence-corrected chi connectivity index (χ3v) is 2.22. The number of hydrogen-bond acceptors (Lipinski definition) is 4. The topological polar surface area (TPSA) is 67.0 Å². The average Bonchev–Trinajstić information content (AvgIpc) is 2.69. The Morgan fingerprint density at radius 1 is 1.53 bits per heavy atom. The molecule has 2 N–H and O–H groups in total. The number of esters is 1. The lowest BCUT2D eigenvalue weighted by atomic mass is 10.1. The quantitative estimate of drug-likeness (QED) is 0.727. The summed E-state index contributed by atoms with van der Waals surface area (Å²) in [5.41, 5.74) is 1.40. The molecule has 0 aliphatic carbocycles. The Balaban J connectivity index is 2.57. The van der Waals surface area contributed by atoms with Crippen molar-refractivity contribution in [3.05, 3.63) is 23.8 Å². The molecule has 5 nitrogen and oxygen atoms in total. The zero-order valence-corrected chi connectivity index (χ0v) is 8.50. The van der Waals surface area contributed by atoms with Gasteiger partial charge in [0, 0.05) is 12.4 Å². The van der Waals surface area contributed by atoms with E-state index < -0.39 is 0 Å². The predicted octanol–water partition coefficient (Wildman–Crippen LogP) is 1.39. The number of benzene rings is 1. The smallest absolute Gasteiger partial charge is 0.337 e. The largest absolute Gasteiger partial charge is 0.465 e. The molecule has 0 unspecified atom stereocenters. The van der Waals surface area contributed by atoms with Crippen LogP contribution in [0.1, 0.15) is 10.4 Å². The van der Waals surface area contributed by atoms with Crippen LogP contribution in [-0.2, 0) is 4.74 Å². The first-order chi connectivity index (χ1) is 7.26. The molecule has 0 saturated carbocycles. The van der Waals surface area contributed by atoms with Gasteiger partial charge in [-0.15, -0.1) is 0 Å². The van der Waals surface area contributed by atoms with Crippen LogP contribution in [0.5, 0.6) is 0 Å². The summed E-state index contributed by atoms with van der Waals surface area (Å²) in [5.74, 6) is 0.371. The Hall–Kier alpha value is -2.04. The van der Waals surface area contributed by atoms with E-state index in [0.717, 1.165) is 16.7 Å².